The molecule has 1 aliphatic rings. The van der Waals surface area contributed by atoms with Crippen molar-refractivity contribution in [3.8, 4) is 0 Å². The van der Waals surface area contributed by atoms with E-state index < -0.39 is 0 Å². The molecule has 1 aliphatic heterocycles. The highest BCUT2D eigenvalue weighted by atomic mass is 16.5. The van der Waals surface area contributed by atoms with Gasteiger partial charge in [0.15, 0.2) is 5.82 Å². The quantitative estimate of drug-likeness (QED) is 0.828. The van der Waals surface area contributed by atoms with Gasteiger partial charge < -0.3 is 9.84 Å². The van der Waals surface area contributed by atoms with E-state index in [-0.39, 0.29) is 0 Å². The molecule has 16 heavy (non-hydrogen) atoms. The van der Waals surface area contributed by atoms with Crippen LogP contribution in [0.25, 0.3) is 0 Å². The molecule has 1 aromatic rings. The Labute approximate surface area is 96.2 Å². The molecule has 1 atom stereocenters. The Hall–Kier alpha value is -0.940. The van der Waals surface area contributed by atoms with Crippen molar-refractivity contribution in [3.05, 3.63) is 12.2 Å². The third-order valence-electron chi connectivity index (χ3n) is 2.97. The molecule has 0 aliphatic carbocycles. The molecule has 0 bridgehead atoms. The molecule has 1 N–H and O–H groups in total. The third kappa shape index (κ3) is 3.28. The van der Waals surface area contributed by atoms with Crippen molar-refractivity contribution in [3.63, 3.8) is 0 Å². The Balaban J connectivity index is 1.87. The molecule has 5 nitrogen and oxygen atoms in total. The zero-order valence-corrected chi connectivity index (χ0v) is 9.85. The molecule has 1 fully saturated rings. The van der Waals surface area contributed by atoms with E-state index >= 15 is 0 Å². The van der Waals surface area contributed by atoms with Crippen molar-refractivity contribution >= 4 is 0 Å². The van der Waals surface area contributed by atoms with Gasteiger partial charge in [-0.15, -0.1) is 0 Å². The standard InChI is InChI=1S/C11H20N4O/c1-2-4-10-7-15(6-3-5-12-10)8-11-13-9-16-14-11/h9-10,12H,2-8H2,1H3. The zero-order valence-electron chi connectivity index (χ0n) is 9.85. The highest BCUT2D eigenvalue weighted by Gasteiger charge is 2.18. The van der Waals surface area contributed by atoms with Gasteiger partial charge in [0.05, 0.1) is 6.54 Å². The summed E-state index contributed by atoms with van der Waals surface area (Å²) in [5, 5.41) is 7.45. The van der Waals surface area contributed by atoms with Crippen molar-refractivity contribution in [1.29, 1.82) is 0 Å². The molecule has 2 rings (SSSR count). The Morgan fingerprint density at radius 3 is 3.31 bits per heavy atom. The van der Waals surface area contributed by atoms with E-state index in [1.807, 2.05) is 0 Å². The van der Waals surface area contributed by atoms with Crippen LogP contribution in [0.5, 0.6) is 0 Å². The molecule has 0 spiro atoms. The van der Waals surface area contributed by atoms with Crippen LogP contribution >= 0.6 is 0 Å². The largest absolute Gasteiger partial charge is 0.343 e. The van der Waals surface area contributed by atoms with Gasteiger partial charge in [0.1, 0.15) is 0 Å². The van der Waals surface area contributed by atoms with Crippen LogP contribution in [0.4, 0.5) is 0 Å². The molecule has 1 saturated heterocycles. The van der Waals surface area contributed by atoms with Crippen LogP contribution in [0.1, 0.15) is 32.0 Å². The first-order chi connectivity index (χ1) is 7.88. The summed E-state index contributed by atoms with van der Waals surface area (Å²) in [4.78, 5) is 6.48. The summed E-state index contributed by atoms with van der Waals surface area (Å²) < 4.78 is 4.76. The third-order valence-corrected chi connectivity index (χ3v) is 2.97. The van der Waals surface area contributed by atoms with Gasteiger partial charge in [0.2, 0.25) is 6.39 Å². The summed E-state index contributed by atoms with van der Waals surface area (Å²) in [5.74, 6) is 0.789. The number of hydrogen-bond acceptors (Lipinski definition) is 5. The molecule has 5 heteroatoms. The first kappa shape index (κ1) is 11.5. The van der Waals surface area contributed by atoms with Gasteiger partial charge in [-0.3, -0.25) is 4.90 Å². The Morgan fingerprint density at radius 2 is 2.56 bits per heavy atom. The number of nitrogens with one attached hydrogen (secondary N) is 1. The Bertz CT molecular complexity index is 288. The van der Waals surface area contributed by atoms with E-state index in [4.69, 9.17) is 4.52 Å². The predicted molar refractivity (Wildman–Crippen MR) is 60.9 cm³/mol. The lowest BCUT2D eigenvalue weighted by Gasteiger charge is -2.22. The SMILES string of the molecule is CCCC1CN(Cc2ncon2)CCCN1. The first-order valence-electron chi connectivity index (χ1n) is 6.09. The fourth-order valence-corrected chi connectivity index (χ4v) is 2.22. The van der Waals surface area contributed by atoms with E-state index in [1.165, 1.54) is 25.7 Å². The monoisotopic (exact) mass is 224 g/mol. The molecule has 1 unspecified atom stereocenters. The lowest BCUT2D eigenvalue weighted by molar-refractivity contribution is 0.245. The highest BCUT2D eigenvalue weighted by Crippen LogP contribution is 2.08. The zero-order chi connectivity index (χ0) is 11.2. The van der Waals surface area contributed by atoms with Gasteiger partial charge >= 0.3 is 0 Å². The van der Waals surface area contributed by atoms with Crippen molar-refractivity contribution in [2.75, 3.05) is 19.6 Å². The second kappa shape index (κ2) is 5.96. The minimum absolute atomic E-state index is 0.611. The summed E-state index contributed by atoms with van der Waals surface area (Å²) in [7, 11) is 0. The highest BCUT2D eigenvalue weighted by molar-refractivity contribution is 4.82. The summed E-state index contributed by atoms with van der Waals surface area (Å²) in [6.07, 6.45) is 5.06. The average molecular weight is 224 g/mol. The molecule has 90 valence electrons. The van der Waals surface area contributed by atoms with Crippen molar-refractivity contribution < 1.29 is 4.52 Å². The number of rotatable bonds is 4. The van der Waals surface area contributed by atoms with Crippen LogP contribution in [0, 0.1) is 0 Å². The number of hydrogen-bond donors (Lipinski definition) is 1. The van der Waals surface area contributed by atoms with Crippen molar-refractivity contribution in [2.24, 2.45) is 0 Å². The van der Waals surface area contributed by atoms with E-state index in [9.17, 15) is 0 Å². The molecular weight excluding hydrogens is 204 g/mol. The van der Waals surface area contributed by atoms with Gasteiger partial charge in [-0.2, -0.15) is 4.98 Å². The van der Waals surface area contributed by atoms with Crippen LogP contribution in [-0.2, 0) is 6.54 Å². The molecule has 0 radical (unpaired) electrons. The maximum atomic E-state index is 4.76. The lowest BCUT2D eigenvalue weighted by atomic mass is 10.1. The molecule has 2 heterocycles. The molecular formula is C11H20N4O. The van der Waals surface area contributed by atoms with Crippen molar-refractivity contribution in [2.45, 2.75) is 38.8 Å². The summed E-state index contributed by atoms with van der Waals surface area (Å²) in [6.45, 7) is 6.35. The minimum atomic E-state index is 0.611. The minimum Gasteiger partial charge on any atom is -0.343 e. The fraction of sp³-hybridized carbons (Fsp3) is 0.818. The van der Waals surface area contributed by atoms with Crippen LogP contribution in [0.3, 0.4) is 0 Å². The molecule has 0 amide bonds. The average Bonchev–Trinajstić information content (AvgIpc) is 2.67. The Kier molecular flexibility index (Phi) is 4.30. The summed E-state index contributed by atoms with van der Waals surface area (Å²) >= 11 is 0. The van der Waals surface area contributed by atoms with Crippen LogP contribution in [0.15, 0.2) is 10.9 Å². The van der Waals surface area contributed by atoms with Gasteiger partial charge in [0.25, 0.3) is 0 Å². The first-order valence-corrected chi connectivity index (χ1v) is 6.09. The molecule has 1 aromatic heterocycles. The van der Waals surface area contributed by atoms with E-state index in [0.717, 1.165) is 32.0 Å². The summed E-state index contributed by atoms with van der Waals surface area (Å²) in [6, 6.07) is 0.611. The summed E-state index contributed by atoms with van der Waals surface area (Å²) in [5.41, 5.74) is 0. The van der Waals surface area contributed by atoms with Crippen LogP contribution < -0.4 is 5.32 Å². The van der Waals surface area contributed by atoms with Crippen LogP contribution in [0.2, 0.25) is 0 Å². The van der Waals surface area contributed by atoms with Gasteiger partial charge in [-0.25, -0.2) is 0 Å². The van der Waals surface area contributed by atoms with Gasteiger partial charge in [-0.05, 0) is 25.9 Å². The van der Waals surface area contributed by atoms with Gasteiger partial charge in [0, 0.05) is 12.6 Å². The van der Waals surface area contributed by atoms with E-state index in [0.29, 0.717) is 6.04 Å². The smallest absolute Gasteiger partial charge is 0.213 e. The maximum absolute atomic E-state index is 4.76. The predicted octanol–water partition coefficient (Wildman–Crippen LogP) is 1.03. The second-order valence-electron chi connectivity index (χ2n) is 4.38. The molecule has 0 saturated carbocycles. The van der Waals surface area contributed by atoms with Crippen molar-refractivity contribution in [1.82, 2.24) is 20.4 Å². The van der Waals surface area contributed by atoms with Crippen LogP contribution in [-0.4, -0.2) is 40.7 Å². The normalized spacial score (nSPS) is 23.2. The van der Waals surface area contributed by atoms with E-state index in [1.54, 1.807) is 0 Å². The second-order valence-corrected chi connectivity index (χ2v) is 4.38. The van der Waals surface area contributed by atoms with Gasteiger partial charge in [-0.1, -0.05) is 18.5 Å². The Morgan fingerprint density at radius 1 is 1.62 bits per heavy atom. The fourth-order valence-electron chi connectivity index (χ4n) is 2.22. The maximum Gasteiger partial charge on any atom is 0.213 e. The van der Waals surface area contributed by atoms with E-state index in [2.05, 4.69) is 27.3 Å². The molecule has 0 aromatic carbocycles. The number of aromatic nitrogens is 2. The lowest BCUT2D eigenvalue weighted by Crippen LogP contribution is -2.37. The number of nitrogens with zero attached hydrogens (tertiary/aromatic N) is 3. The topological polar surface area (TPSA) is 54.2 Å².